The highest BCUT2D eigenvalue weighted by Crippen LogP contribution is 2.22. The fourth-order valence-corrected chi connectivity index (χ4v) is 0.942. The summed E-state index contributed by atoms with van der Waals surface area (Å²) in [5, 5.41) is 9.74. The zero-order chi connectivity index (χ0) is 10.9. The summed E-state index contributed by atoms with van der Waals surface area (Å²) in [6.07, 6.45) is 0.151. The molecule has 0 spiro atoms. The lowest BCUT2D eigenvalue weighted by Gasteiger charge is -2.33. The van der Waals surface area contributed by atoms with Crippen molar-refractivity contribution in [2.24, 2.45) is 17.4 Å². The lowest BCUT2D eigenvalue weighted by molar-refractivity contribution is 0.0694. The van der Waals surface area contributed by atoms with Crippen molar-refractivity contribution in [1.82, 2.24) is 0 Å². The van der Waals surface area contributed by atoms with Crippen LogP contribution >= 0.6 is 0 Å². The second-order valence-electron chi connectivity index (χ2n) is 5.30. The van der Waals surface area contributed by atoms with Gasteiger partial charge >= 0.3 is 0 Å². The Balaban J connectivity index is 4.15. The SMILES string of the molecule is C[C@@H](C[C@@H](O)C(C)(C)N)C(C)(C)N. The van der Waals surface area contributed by atoms with Crippen LogP contribution < -0.4 is 11.5 Å². The van der Waals surface area contributed by atoms with E-state index < -0.39 is 11.6 Å². The summed E-state index contributed by atoms with van der Waals surface area (Å²) in [4.78, 5) is 0. The third kappa shape index (κ3) is 4.60. The maximum Gasteiger partial charge on any atom is 0.0717 e. The molecule has 0 aliphatic heterocycles. The molecule has 0 saturated carbocycles. The average Bonchev–Trinajstić information content (AvgIpc) is 1.82. The topological polar surface area (TPSA) is 72.3 Å². The molecule has 80 valence electrons. The van der Waals surface area contributed by atoms with Crippen molar-refractivity contribution in [2.75, 3.05) is 0 Å². The van der Waals surface area contributed by atoms with E-state index in [1.807, 2.05) is 34.6 Å². The fraction of sp³-hybridized carbons (Fsp3) is 1.00. The van der Waals surface area contributed by atoms with Gasteiger partial charge in [-0.05, 0) is 40.0 Å². The molecule has 3 heteroatoms. The Labute approximate surface area is 81.5 Å². The fourth-order valence-electron chi connectivity index (χ4n) is 0.942. The highest BCUT2D eigenvalue weighted by molar-refractivity contribution is 4.88. The zero-order valence-corrected chi connectivity index (χ0v) is 9.46. The van der Waals surface area contributed by atoms with Crippen molar-refractivity contribution in [3.05, 3.63) is 0 Å². The molecule has 0 rings (SSSR count). The Morgan fingerprint density at radius 2 is 1.46 bits per heavy atom. The molecule has 13 heavy (non-hydrogen) atoms. The molecule has 2 atom stereocenters. The minimum Gasteiger partial charge on any atom is -0.391 e. The first-order chi connectivity index (χ1) is 5.55. The third-order valence-electron chi connectivity index (χ3n) is 2.71. The normalized spacial score (nSPS) is 18.5. The van der Waals surface area contributed by atoms with Crippen molar-refractivity contribution >= 4 is 0 Å². The molecule has 0 saturated heterocycles. The molecular weight excluding hydrogens is 164 g/mol. The van der Waals surface area contributed by atoms with Crippen molar-refractivity contribution in [2.45, 2.75) is 58.2 Å². The summed E-state index contributed by atoms with van der Waals surface area (Å²) >= 11 is 0. The van der Waals surface area contributed by atoms with E-state index in [1.165, 1.54) is 0 Å². The van der Waals surface area contributed by atoms with E-state index in [-0.39, 0.29) is 11.5 Å². The van der Waals surface area contributed by atoms with E-state index in [0.29, 0.717) is 6.42 Å². The van der Waals surface area contributed by atoms with Crippen LogP contribution in [0.1, 0.15) is 41.0 Å². The molecular formula is C10H24N2O. The van der Waals surface area contributed by atoms with Gasteiger partial charge in [-0.1, -0.05) is 6.92 Å². The van der Waals surface area contributed by atoms with Gasteiger partial charge in [0.25, 0.3) is 0 Å². The molecule has 0 fully saturated rings. The smallest absolute Gasteiger partial charge is 0.0717 e. The van der Waals surface area contributed by atoms with Crippen LogP contribution in [0.2, 0.25) is 0 Å². The van der Waals surface area contributed by atoms with Gasteiger partial charge in [-0.2, -0.15) is 0 Å². The van der Waals surface area contributed by atoms with Gasteiger partial charge in [0, 0.05) is 11.1 Å². The molecule has 0 heterocycles. The maximum absolute atomic E-state index is 9.74. The summed E-state index contributed by atoms with van der Waals surface area (Å²) in [6.45, 7) is 9.62. The van der Waals surface area contributed by atoms with E-state index >= 15 is 0 Å². The molecule has 3 nitrogen and oxygen atoms in total. The molecule has 0 aromatic carbocycles. The highest BCUT2D eigenvalue weighted by atomic mass is 16.3. The van der Waals surface area contributed by atoms with Gasteiger partial charge in [0.1, 0.15) is 0 Å². The monoisotopic (exact) mass is 188 g/mol. The third-order valence-corrected chi connectivity index (χ3v) is 2.71. The Morgan fingerprint density at radius 3 is 1.69 bits per heavy atom. The van der Waals surface area contributed by atoms with Crippen LogP contribution in [0.25, 0.3) is 0 Å². The van der Waals surface area contributed by atoms with Crippen LogP contribution in [-0.4, -0.2) is 22.3 Å². The number of hydrogen-bond acceptors (Lipinski definition) is 3. The van der Waals surface area contributed by atoms with Gasteiger partial charge < -0.3 is 16.6 Å². The molecule has 0 bridgehead atoms. The van der Waals surface area contributed by atoms with Gasteiger partial charge in [-0.15, -0.1) is 0 Å². The van der Waals surface area contributed by atoms with Gasteiger partial charge in [0.15, 0.2) is 0 Å². The van der Waals surface area contributed by atoms with Crippen molar-refractivity contribution in [3.8, 4) is 0 Å². The lowest BCUT2D eigenvalue weighted by atomic mass is 9.82. The second kappa shape index (κ2) is 3.95. The number of aliphatic hydroxyl groups excluding tert-OH is 1. The number of hydrogen-bond donors (Lipinski definition) is 3. The first-order valence-electron chi connectivity index (χ1n) is 4.81. The van der Waals surface area contributed by atoms with Gasteiger partial charge in [-0.3, -0.25) is 0 Å². The molecule has 0 radical (unpaired) electrons. The van der Waals surface area contributed by atoms with Crippen LogP contribution in [-0.2, 0) is 0 Å². The molecule has 0 aromatic heterocycles. The molecule has 0 aliphatic rings. The summed E-state index contributed by atoms with van der Waals surface area (Å²) in [7, 11) is 0. The van der Waals surface area contributed by atoms with Crippen molar-refractivity contribution in [1.29, 1.82) is 0 Å². The van der Waals surface area contributed by atoms with E-state index in [9.17, 15) is 5.11 Å². The molecule has 5 N–H and O–H groups in total. The molecule has 0 aliphatic carbocycles. The maximum atomic E-state index is 9.74. The van der Waals surface area contributed by atoms with Crippen LogP contribution in [0, 0.1) is 5.92 Å². The van der Waals surface area contributed by atoms with Gasteiger partial charge in [0.05, 0.1) is 6.10 Å². The quantitative estimate of drug-likeness (QED) is 0.612. The molecule has 0 unspecified atom stereocenters. The van der Waals surface area contributed by atoms with E-state index in [4.69, 9.17) is 11.5 Å². The number of aliphatic hydroxyl groups is 1. The van der Waals surface area contributed by atoms with Crippen molar-refractivity contribution < 1.29 is 5.11 Å². The zero-order valence-electron chi connectivity index (χ0n) is 9.46. The first-order valence-corrected chi connectivity index (χ1v) is 4.81. The predicted octanol–water partition coefficient (Wildman–Crippen LogP) is 0.848. The van der Waals surface area contributed by atoms with E-state index in [2.05, 4.69) is 0 Å². The van der Waals surface area contributed by atoms with Crippen molar-refractivity contribution in [3.63, 3.8) is 0 Å². The van der Waals surface area contributed by atoms with Crippen LogP contribution in [0.4, 0.5) is 0 Å². The van der Waals surface area contributed by atoms with E-state index in [0.717, 1.165) is 0 Å². The lowest BCUT2D eigenvalue weighted by Crippen LogP contribution is -2.49. The summed E-state index contributed by atoms with van der Waals surface area (Å²) in [6, 6.07) is 0. The minimum atomic E-state index is -0.542. The predicted molar refractivity (Wildman–Crippen MR) is 56.3 cm³/mol. The standard InChI is InChI=1S/C10H24N2O/c1-7(9(2,3)11)6-8(13)10(4,5)12/h7-8,13H,6,11-12H2,1-5H3/t7-,8+/m0/s1. The molecule has 0 aromatic rings. The minimum absolute atomic E-state index is 0.255. The molecule has 0 amide bonds. The number of nitrogens with two attached hydrogens (primary N) is 2. The highest BCUT2D eigenvalue weighted by Gasteiger charge is 2.29. The van der Waals surface area contributed by atoms with Crippen LogP contribution in [0.15, 0.2) is 0 Å². The first kappa shape index (κ1) is 12.9. The van der Waals surface area contributed by atoms with E-state index in [1.54, 1.807) is 0 Å². The summed E-state index contributed by atoms with van der Waals surface area (Å²) < 4.78 is 0. The largest absolute Gasteiger partial charge is 0.391 e. The Bertz CT molecular complexity index is 137. The van der Waals surface area contributed by atoms with Crippen LogP contribution in [0.3, 0.4) is 0 Å². The van der Waals surface area contributed by atoms with Crippen LogP contribution in [0.5, 0.6) is 0 Å². The van der Waals surface area contributed by atoms with Gasteiger partial charge in [0.2, 0.25) is 0 Å². The Morgan fingerprint density at radius 1 is 1.08 bits per heavy atom. The second-order valence-corrected chi connectivity index (χ2v) is 5.30. The summed E-state index contributed by atoms with van der Waals surface area (Å²) in [5.74, 6) is 0.255. The number of rotatable bonds is 4. The Hall–Kier alpha value is -0.120. The summed E-state index contributed by atoms with van der Waals surface area (Å²) in [5.41, 5.74) is 10.9. The van der Waals surface area contributed by atoms with Gasteiger partial charge in [-0.25, -0.2) is 0 Å². The Kier molecular flexibility index (Phi) is 3.91. The average molecular weight is 188 g/mol.